The number of rotatable bonds is 4. The first-order valence-corrected chi connectivity index (χ1v) is 15.0. The largest absolute Gasteiger partial charge is 0.509 e. The maximum atomic E-state index is 17.5. The van der Waals surface area contributed by atoms with Crippen LogP contribution in [-0.4, -0.2) is 70.8 Å². The minimum atomic E-state index is -2.05. The zero-order valence-electron chi connectivity index (χ0n) is 24.3. The molecule has 0 aromatic rings. The second-order valence-electron chi connectivity index (χ2n) is 13.9. The number of carbonyl (C=O) groups is 3. The summed E-state index contributed by atoms with van der Waals surface area (Å²) >= 11 is 0. The highest BCUT2D eigenvalue weighted by Crippen LogP contribution is 2.72. The number of Topliss-reactive ketones (excluding diaryl/α,β-unsaturated/α-hetero) is 1. The Balaban J connectivity index is 1.29. The number of nitrogens with two attached hydrogens (primary N) is 1. The maximum Gasteiger partial charge on any atom is 0.509 e. The van der Waals surface area contributed by atoms with Crippen LogP contribution in [0.4, 0.5) is 9.18 Å². The van der Waals surface area contributed by atoms with Gasteiger partial charge >= 0.3 is 6.16 Å². The second-order valence-corrected chi connectivity index (χ2v) is 13.9. The summed E-state index contributed by atoms with van der Waals surface area (Å²) in [6.45, 7) is 6.47. The number of allylic oxidation sites excluding steroid dienone is 4. The van der Waals surface area contributed by atoms with E-state index in [2.05, 4.69) is 0 Å². The third kappa shape index (κ3) is 3.96. The van der Waals surface area contributed by atoms with Crippen LogP contribution >= 0.6 is 0 Å². The summed E-state index contributed by atoms with van der Waals surface area (Å²) < 4.78 is 41.0. The van der Waals surface area contributed by atoms with Crippen molar-refractivity contribution in [1.82, 2.24) is 0 Å². The lowest BCUT2D eigenvalue weighted by Gasteiger charge is -2.62. The van der Waals surface area contributed by atoms with Crippen molar-refractivity contribution in [3.8, 4) is 0 Å². The second kappa shape index (κ2) is 9.43. The van der Waals surface area contributed by atoms with E-state index < -0.39 is 70.7 Å². The standard InChI is InChI=1S/C31H42FNO8/c1-27(2)40-25-14-20-19-10-9-17-13-18(34)11-12-28(17,3)30(19,32)23(35)15-29(20,4)31(25,41-27)24(36)16-38-26(37)39-22-8-6-5-7-21(22)33/h11-13,19-23,25,35H,5-10,14-16,33H2,1-4H3/t19-,20-,21-,22-,23-,25+,28-,29-,30-,31+/m0/s1. The number of fused-ring (bicyclic) bond motifs is 7. The predicted octanol–water partition coefficient (Wildman–Crippen LogP) is 3.85. The number of alkyl halides is 1. The zero-order chi connectivity index (χ0) is 29.6. The molecule has 9 nitrogen and oxygen atoms in total. The molecule has 0 spiro atoms. The molecule has 0 aromatic carbocycles. The Hall–Kier alpha value is -2.14. The highest BCUT2D eigenvalue weighted by molar-refractivity contribution is 6.01. The first-order valence-electron chi connectivity index (χ1n) is 15.0. The Morgan fingerprint density at radius 1 is 1.15 bits per heavy atom. The van der Waals surface area contributed by atoms with Gasteiger partial charge in [-0.15, -0.1) is 0 Å². The molecular weight excluding hydrogens is 533 g/mol. The van der Waals surface area contributed by atoms with Crippen molar-refractivity contribution in [1.29, 1.82) is 0 Å². The quantitative estimate of drug-likeness (QED) is 0.479. The number of ether oxygens (including phenoxy) is 4. The van der Waals surface area contributed by atoms with Gasteiger partial charge in [-0.05, 0) is 83.8 Å². The summed E-state index contributed by atoms with van der Waals surface area (Å²) in [6, 6.07) is -0.272. The number of aliphatic hydroxyl groups is 1. The lowest BCUT2D eigenvalue weighted by molar-refractivity contribution is -0.246. The van der Waals surface area contributed by atoms with Gasteiger partial charge < -0.3 is 29.8 Å². The summed E-state index contributed by atoms with van der Waals surface area (Å²) in [4.78, 5) is 38.8. The Bertz CT molecular complexity index is 1220. The highest BCUT2D eigenvalue weighted by Gasteiger charge is 2.80. The number of aliphatic hydroxyl groups excluding tert-OH is 1. The van der Waals surface area contributed by atoms with Crippen LogP contribution in [0.25, 0.3) is 0 Å². The Morgan fingerprint density at radius 2 is 1.88 bits per heavy atom. The Kier molecular flexibility index (Phi) is 6.66. The fourth-order valence-electron chi connectivity index (χ4n) is 9.47. The summed E-state index contributed by atoms with van der Waals surface area (Å²) in [5.74, 6) is -2.76. The van der Waals surface area contributed by atoms with E-state index in [0.29, 0.717) is 31.3 Å². The molecule has 3 N–H and O–H groups in total. The first-order chi connectivity index (χ1) is 19.2. The van der Waals surface area contributed by atoms with E-state index in [1.54, 1.807) is 26.8 Å². The highest BCUT2D eigenvalue weighted by atomic mass is 19.1. The van der Waals surface area contributed by atoms with Crippen LogP contribution in [0.1, 0.15) is 79.1 Å². The van der Waals surface area contributed by atoms with Crippen molar-refractivity contribution in [3.05, 3.63) is 23.8 Å². The molecule has 1 aliphatic heterocycles. The molecule has 1 heterocycles. The third-order valence-corrected chi connectivity index (χ3v) is 11.4. The summed E-state index contributed by atoms with van der Waals surface area (Å²) in [5.41, 5.74) is 1.03. The average Bonchev–Trinajstić information content (AvgIpc) is 3.31. The third-order valence-electron chi connectivity index (χ3n) is 11.4. The van der Waals surface area contributed by atoms with Gasteiger partial charge in [0.25, 0.3) is 0 Å². The molecule has 4 saturated carbocycles. The number of halogens is 1. The predicted molar refractivity (Wildman–Crippen MR) is 144 cm³/mol. The van der Waals surface area contributed by atoms with E-state index in [9.17, 15) is 19.5 Å². The fraction of sp³-hybridized carbons (Fsp3) is 0.774. The topological polar surface area (TPSA) is 134 Å². The van der Waals surface area contributed by atoms with Gasteiger partial charge in [0.1, 0.15) is 6.10 Å². The number of hydrogen-bond acceptors (Lipinski definition) is 9. The zero-order valence-corrected chi connectivity index (χ0v) is 24.3. The van der Waals surface area contributed by atoms with Crippen LogP contribution in [-0.2, 0) is 28.5 Å². The van der Waals surface area contributed by atoms with E-state index in [0.717, 1.165) is 19.3 Å². The Morgan fingerprint density at radius 3 is 2.61 bits per heavy atom. The minimum Gasteiger partial charge on any atom is -0.429 e. The van der Waals surface area contributed by atoms with Gasteiger partial charge in [-0.25, -0.2) is 9.18 Å². The maximum absolute atomic E-state index is 17.5. The van der Waals surface area contributed by atoms with E-state index >= 15 is 4.39 Å². The van der Waals surface area contributed by atoms with E-state index in [4.69, 9.17) is 24.7 Å². The van der Waals surface area contributed by atoms with Crippen LogP contribution in [0.2, 0.25) is 0 Å². The molecule has 41 heavy (non-hydrogen) atoms. The number of hydrogen-bond donors (Lipinski definition) is 2. The van der Waals surface area contributed by atoms with Gasteiger partial charge in [-0.1, -0.05) is 25.0 Å². The van der Waals surface area contributed by atoms with Crippen LogP contribution in [0.5, 0.6) is 0 Å². The molecule has 10 heteroatoms. The van der Waals surface area contributed by atoms with Crippen molar-refractivity contribution in [2.45, 2.75) is 120 Å². The number of ketones is 2. The minimum absolute atomic E-state index is 0.0572. The molecule has 6 aliphatic rings. The van der Waals surface area contributed by atoms with Crippen molar-refractivity contribution in [3.63, 3.8) is 0 Å². The molecule has 6 rings (SSSR count). The smallest absolute Gasteiger partial charge is 0.429 e. The molecule has 5 fully saturated rings. The van der Waals surface area contributed by atoms with Crippen LogP contribution < -0.4 is 5.73 Å². The van der Waals surface area contributed by atoms with Gasteiger partial charge in [-0.3, -0.25) is 9.59 Å². The van der Waals surface area contributed by atoms with Gasteiger partial charge in [-0.2, -0.15) is 0 Å². The first kappa shape index (κ1) is 29.0. The van der Waals surface area contributed by atoms with Gasteiger partial charge in [0.2, 0.25) is 5.78 Å². The lowest BCUT2D eigenvalue weighted by Crippen LogP contribution is -2.70. The lowest BCUT2D eigenvalue weighted by atomic mass is 9.44. The van der Waals surface area contributed by atoms with Gasteiger partial charge in [0, 0.05) is 22.8 Å². The van der Waals surface area contributed by atoms with Gasteiger partial charge in [0.15, 0.2) is 29.4 Å². The van der Waals surface area contributed by atoms with Crippen molar-refractivity contribution >= 4 is 17.7 Å². The molecule has 5 aliphatic carbocycles. The van der Waals surface area contributed by atoms with Crippen LogP contribution in [0.15, 0.2) is 23.8 Å². The van der Waals surface area contributed by atoms with Crippen molar-refractivity contribution in [2.75, 3.05) is 6.61 Å². The number of carbonyl (C=O) groups excluding carboxylic acids is 3. The van der Waals surface area contributed by atoms with E-state index in [1.807, 2.05) is 6.92 Å². The molecule has 0 unspecified atom stereocenters. The van der Waals surface area contributed by atoms with Crippen molar-refractivity contribution in [2.24, 2.45) is 28.4 Å². The van der Waals surface area contributed by atoms with Crippen LogP contribution in [0, 0.1) is 22.7 Å². The summed E-state index contributed by atoms with van der Waals surface area (Å²) in [5, 5.41) is 11.7. The summed E-state index contributed by atoms with van der Waals surface area (Å²) in [6.07, 6.45) is 5.41. The van der Waals surface area contributed by atoms with Crippen LogP contribution in [0.3, 0.4) is 0 Å². The molecule has 0 bridgehead atoms. The monoisotopic (exact) mass is 575 g/mol. The van der Waals surface area contributed by atoms with E-state index in [-0.39, 0.29) is 24.2 Å². The fourth-order valence-corrected chi connectivity index (χ4v) is 9.47. The molecule has 1 saturated heterocycles. The molecule has 0 amide bonds. The molecule has 226 valence electrons. The SMILES string of the molecule is CC1(C)O[C@@H]2C[C@H]3[C@@H]4CCC5=CC(=O)C=C[C@]5(C)[C@@]4(F)[C@@H](O)C[C@]3(C)[C@]2(C(=O)COC(=O)O[C@H]2CCCC[C@@H]2N)O1. The summed E-state index contributed by atoms with van der Waals surface area (Å²) in [7, 11) is 0. The van der Waals surface area contributed by atoms with Gasteiger partial charge in [0.05, 0.1) is 12.2 Å². The van der Waals surface area contributed by atoms with Crippen molar-refractivity contribution < 1.29 is 42.8 Å². The average molecular weight is 576 g/mol. The van der Waals surface area contributed by atoms with E-state index in [1.165, 1.54) is 12.2 Å². The molecule has 0 radical (unpaired) electrons. The molecule has 0 aromatic heterocycles. The normalized spacial score (nSPS) is 47.9. The molecular formula is C31H42FNO8. The molecule has 10 atom stereocenters. The Labute approximate surface area is 240 Å².